The fourth-order valence-electron chi connectivity index (χ4n) is 4.35. The zero-order chi connectivity index (χ0) is 21.4. The average molecular weight is 413 g/mol. The Bertz CT molecular complexity index is 1060. The zero-order valence-electron chi connectivity index (χ0n) is 16.6. The standard InChI is InChI=1S/C23H21F2NO4/c1-29-20-6-3-12(9-21(20)30-2)13-7-18-23(19(27)8-13)16(11-22(28)26-18)15-5-4-14(24)10-17(15)25/h3-6,9-10,13,16H,7-8,11H2,1-2H3,(H,26,28)/t13-,16-/m0/s1. The van der Waals surface area contributed by atoms with E-state index >= 15 is 0 Å². The lowest BCUT2D eigenvalue weighted by atomic mass is 9.73. The molecule has 0 spiro atoms. The Morgan fingerprint density at radius 2 is 1.70 bits per heavy atom. The van der Waals surface area contributed by atoms with Gasteiger partial charge in [-0.05, 0) is 41.7 Å². The molecule has 1 N–H and O–H groups in total. The zero-order valence-corrected chi connectivity index (χ0v) is 16.6. The molecule has 0 bridgehead atoms. The van der Waals surface area contributed by atoms with Gasteiger partial charge in [0.05, 0.1) is 14.2 Å². The summed E-state index contributed by atoms with van der Waals surface area (Å²) in [6.07, 6.45) is 0.610. The molecule has 2 aromatic carbocycles. The van der Waals surface area contributed by atoms with E-state index in [-0.39, 0.29) is 36.0 Å². The van der Waals surface area contributed by atoms with Crippen molar-refractivity contribution in [2.24, 2.45) is 0 Å². The van der Waals surface area contributed by atoms with Crippen LogP contribution < -0.4 is 14.8 Å². The summed E-state index contributed by atoms with van der Waals surface area (Å²) in [7, 11) is 3.09. The van der Waals surface area contributed by atoms with Gasteiger partial charge in [0.1, 0.15) is 11.6 Å². The van der Waals surface area contributed by atoms with Crippen LogP contribution >= 0.6 is 0 Å². The molecule has 7 heteroatoms. The number of ether oxygens (including phenoxy) is 2. The lowest BCUT2D eigenvalue weighted by molar-refractivity contribution is -0.122. The summed E-state index contributed by atoms with van der Waals surface area (Å²) in [5, 5.41) is 2.80. The first-order valence-electron chi connectivity index (χ1n) is 9.64. The first-order valence-corrected chi connectivity index (χ1v) is 9.64. The first kappa shape index (κ1) is 20.1. The van der Waals surface area contributed by atoms with E-state index in [9.17, 15) is 18.4 Å². The maximum Gasteiger partial charge on any atom is 0.225 e. The highest BCUT2D eigenvalue weighted by molar-refractivity contribution is 6.02. The molecule has 0 fully saturated rings. The molecule has 2 aliphatic rings. The molecule has 0 aromatic heterocycles. The third kappa shape index (κ3) is 3.56. The lowest BCUT2D eigenvalue weighted by Crippen LogP contribution is -2.38. The number of ketones is 1. The predicted molar refractivity (Wildman–Crippen MR) is 105 cm³/mol. The number of benzene rings is 2. The second kappa shape index (κ2) is 7.89. The Kier molecular flexibility index (Phi) is 5.28. The van der Waals surface area contributed by atoms with E-state index < -0.39 is 17.6 Å². The highest BCUT2D eigenvalue weighted by Crippen LogP contribution is 2.44. The van der Waals surface area contributed by atoms with Gasteiger partial charge in [-0.25, -0.2) is 8.78 Å². The minimum absolute atomic E-state index is 0.0475. The summed E-state index contributed by atoms with van der Waals surface area (Å²) in [6.45, 7) is 0. The maximum atomic E-state index is 14.4. The SMILES string of the molecule is COc1ccc([C@@H]2CC(=O)C3=C(C2)NC(=O)C[C@H]3c2ccc(F)cc2F)cc1OC. The van der Waals surface area contributed by atoms with Crippen molar-refractivity contribution < 1.29 is 27.8 Å². The average Bonchev–Trinajstić information content (AvgIpc) is 2.72. The molecule has 1 amide bonds. The van der Waals surface area contributed by atoms with Crippen molar-refractivity contribution in [1.82, 2.24) is 5.32 Å². The fraction of sp³-hybridized carbons (Fsp3) is 0.304. The summed E-state index contributed by atoms with van der Waals surface area (Å²) in [6, 6.07) is 8.70. The Hall–Kier alpha value is -3.22. The van der Waals surface area contributed by atoms with Crippen LogP contribution in [0.1, 0.15) is 42.2 Å². The molecule has 1 heterocycles. The van der Waals surface area contributed by atoms with E-state index in [1.807, 2.05) is 12.1 Å². The Balaban J connectivity index is 1.71. The first-order chi connectivity index (χ1) is 14.4. The highest BCUT2D eigenvalue weighted by Gasteiger charge is 2.39. The Morgan fingerprint density at radius 1 is 0.933 bits per heavy atom. The van der Waals surface area contributed by atoms with E-state index in [0.717, 1.165) is 17.7 Å². The molecule has 156 valence electrons. The van der Waals surface area contributed by atoms with Crippen molar-refractivity contribution in [1.29, 1.82) is 0 Å². The number of hydrogen-bond acceptors (Lipinski definition) is 4. The highest BCUT2D eigenvalue weighted by atomic mass is 19.1. The number of hydrogen-bond donors (Lipinski definition) is 1. The van der Waals surface area contributed by atoms with E-state index in [2.05, 4.69) is 5.32 Å². The molecule has 0 unspecified atom stereocenters. The fourth-order valence-corrected chi connectivity index (χ4v) is 4.35. The summed E-state index contributed by atoms with van der Waals surface area (Å²) in [5.41, 5.74) is 1.97. The van der Waals surface area contributed by atoms with Gasteiger partial charge >= 0.3 is 0 Å². The Morgan fingerprint density at radius 3 is 2.40 bits per heavy atom. The maximum absolute atomic E-state index is 14.4. The molecular formula is C23H21F2NO4. The molecule has 0 radical (unpaired) electrons. The minimum atomic E-state index is -0.753. The van der Waals surface area contributed by atoms with Crippen molar-refractivity contribution in [3.05, 3.63) is 70.4 Å². The molecule has 0 saturated carbocycles. The number of carbonyl (C=O) groups excluding carboxylic acids is 2. The van der Waals surface area contributed by atoms with Gasteiger partial charge in [0, 0.05) is 36.1 Å². The molecule has 30 heavy (non-hydrogen) atoms. The number of allylic oxidation sites excluding steroid dienone is 2. The van der Waals surface area contributed by atoms with E-state index in [0.29, 0.717) is 29.2 Å². The molecule has 4 rings (SSSR count). The molecule has 0 saturated heterocycles. The quantitative estimate of drug-likeness (QED) is 0.823. The van der Waals surface area contributed by atoms with Crippen molar-refractivity contribution in [2.75, 3.05) is 14.2 Å². The van der Waals surface area contributed by atoms with Crippen molar-refractivity contribution in [3.63, 3.8) is 0 Å². The molecule has 1 aliphatic carbocycles. The second-order valence-electron chi connectivity index (χ2n) is 7.51. The van der Waals surface area contributed by atoms with Gasteiger partial charge in [-0.2, -0.15) is 0 Å². The van der Waals surface area contributed by atoms with Crippen LogP contribution in [0.3, 0.4) is 0 Å². The number of methoxy groups -OCH3 is 2. The van der Waals surface area contributed by atoms with Gasteiger partial charge in [-0.3, -0.25) is 9.59 Å². The third-order valence-corrected chi connectivity index (χ3v) is 5.75. The second-order valence-corrected chi connectivity index (χ2v) is 7.51. The molecule has 2 aromatic rings. The monoisotopic (exact) mass is 413 g/mol. The van der Waals surface area contributed by atoms with Crippen molar-refractivity contribution in [3.8, 4) is 11.5 Å². The van der Waals surface area contributed by atoms with Crippen LogP contribution in [-0.4, -0.2) is 25.9 Å². The van der Waals surface area contributed by atoms with Gasteiger partial charge in [0.25, 0.3) is 0 Å². The van der Waals surface area contributed by atoms with Gasteiger partial charge in [-0.1, -0.05) is 12.1 Å². The topological polar surface area (TPSA) is 64.6 Å². The van der Waals surface area contributed by atoms with E-state index in [4.69, 9.17) is 9.47 Å². The van der Waals surface area contributed by atoms with Gasteiger partial charge in [-0.15, -0.1) is 0 Å². The van der Waals surface area contributed by atoms with Crippen LogP contribution in [0.25, 0.3) is 0 Å². The number of halogens is 2. The third-order valence-electron chi connectivity index (χ3n) is 5.75. The smallest absolute Gasteiger partial charge is 0.225 e. The Labute approximate surface area is 172 Å². The van der Waals surface area contributed by atoms with E-state index in [1.165, 1.54) is 13.2 Å². The van der Waals surface area contributed by atoms with E-state index in [1.54, 1.807) is 13.2 Å². The minimum Gasteiger partial charge on any atom is -0.493 e. The van der Waals surface area contributed by atoms with Crippen molar-refractivity contribution >= 4 is 11.7 Å². The van der Waals surface area contributed by atoms with Crippen LogP contribution in [-0.2, 0) is 9.59 Å². The number of carbonyl (C=O) groups is 2. The predicted octanol–water partition coefficient (Wildman–Crippen LogP) is 3.99. The van der Waals surface area contributed by atoms with Gasteiger partial charge < -0.3 is 14.8 Å². The van der Waals surface area contributed by atoms with Crippen LogP contribution in [0.5, 0.6) is 11.5 Å². The van der Waals surface area contributed by atoms with Crippen LogP contribution in [0.15, 0.2) is 47.7 Å². The van der Waals surface area contributed by atoms with Gasteiger partial charge in [0.2, 0.25) is 5.91 Å². The normalized spacial score (nSPS) is 21.2. The molecule has 2 atom stereocenters. The molecular weight excluding hydrogens is 392 g/mol. The molecule has 1 aliphatic heterocycles. The van der Waals surface area contributed by atoms with Crippen LogP contribution in [0.2, 0.25) is 0 Å². The summed E-state index contributed by atoms with van der Waals surface area (Å²) < 4.78 is 38.4. The summed E-state index contributed by atoms with van der Waals surface area (Å²) in [5.74, 6) is -1.62. The van der Waals surface area contributed by atoms with Gasteiger partial charge in [0.15, 0.2) is 17.3 Å². The largest absolute Gasteiger partial charge is 0.493 e. The number of amides is 1. The van der Waals surface area contributed by atoms with Crippen molar-refractivity contribution in [2.45, 2.75) is 31.1 Å². The summed E-state index contributed by atoms with van der Waals surface area (Å²) in [4.78, 5) is 25.4. The number of Topliss-reactive ketones (excluding diaryl/α,β-unsaturated/α-hetero) is 1. The van der Waals surface area contributed by atoms with Crippen LogP contribution in [0, 0.1) is 11.6 Å². The molecule has 5 nitrogen and oxygen atoms in total. The number of rotatable bonds is 4. The lowest BCUT2D eigenvalue weighted by Gasteiger charge is -2.34. The number of nitrogens with one attached hydrogen (secondary N) is 1. The van der Waals surface area contributed by atoms with Crippen LogP contribution in [0.4, 0.5) is 8.78 Å². The summed E-state index contributed by atoms with van der Waals surface area (Å²) >= 11 is 0.